The van der Waals surface area contributed by atoms with E-state index in [0.717, 1.165) is 29.7 Å². The Morgan fingerprint density at radius 1 is 1.13 bits per heavy atom. The van der Waals surface area contributed by atoms with E-state index in [1.807, 2.05) is 18.2 Å². The molecule has 5 nitrogen and oxygen atoms in total. The van der Waals surface area contributed by atoms with Gasteiger partial charge >= 0.3 is 0 Å². The number of ether oxygens (including phenoxy) is 3. The standard InChI is InChI=1S/C25H31ClO5/c1-29-25(15-21(28)14-23(16-27)31-25)20-6-9-24(26)19(13-20)12-18-4-2-17(3-5-18)10-11-30-22-7-8-22/h2-6,9,13,21-23,27-28H,7-8,10-12,14-16H2,1H3. The molecule has 0 radical (unpaired) electrons. The number of benzene rings is 2. The fourth-order valence-corrected chi connectivity index (χ4v) is 4.36. The summed E-state index contributed by atoms with van der Waals surface area (Å²) in [6.07, 6.45) is 4.11. The molecular formula is C25H31ClO5. The number of hydrogen-bond donors (Lipinski definition) is 2. The Balaban J connectivity index is 1.48. The van der Waals surface area contributed by atoms with Crippen molar-refractivity contribution in [2.75, 3.05) is 20.3 Å². The molecule has 168 valence electrons. The molecule has 2 aliphatic rings. The first-order valence-electron chi connectivity index (χ1n) is 11.0. The molecule has 3 unspecified atom stereocenters. The highest BCUT2D eigenvalue weighted by Gasteiger charge is 2.43. The molecule has 1 aliphatic heterocycles. The average Bonchev–Trinajstić information content (AvgIpc) is 3.60. The maximum absolute atomic E-state index is 10.3. The van der Waals surface area contributed by atoms with E-state index in [-0.39, 0.29) is 6.61 Å². The lowest BCUT2D eigenvalue weighted by molar-refractivity contribution is -0.298. The molecule has 2 aromatic rings. The van der Waals surface area contributed by atoms with Crippen molar-refractivity contribution in [1.29, 1.82) is 0 Å². The second-order valence-electron chi connectivity index (χ2n) is 8.59. The van der Waals surface area contributed by atoms with Gasteiger partial charge in [0.15, 0.2) is 5.79 Å². The van der Waals surface area contributed by atoms with Crippen molar-refractivity contribution >= 4 is 11.6 Å². The maximum Gasteiger partial charge on any atom is 0.197 e. The summed E-state index contributed by atoms with van der Waals surface area (Å²) in [5.41, 5.74) is 4.18. The number of hydrogen-bond acceptors (Lipinski definition) is 5. The van der Waals surface area contributed by atoms with Crippen LogP contribution in [0.2, 0.25) is 5.02 Å². The first kappa shape index (κ1) is 22.7. The van der Waals surface area contributed by atoms with Gasteiger partial charge < -0.3 is 24.4 Å². The third-order valence-electron chi connectivity index (χ3n) is 6.10. The summed E-state index contributed by atoms with van der Waals surface area (Å²) >= 11 is 6.51. The van der Waals surface area contributed by atoms with Crippen molar-refractivity contribution in [2.45, 2.75) is 62.6 Å². The summed E-state index contributed by atoms with van der Waals surface area (Å²) in [6, 6.07) is 14.2. The molecule has 1 saturated carbocycles. The molecule has 3 atom stereocenters. The second kappa shape index (κ2) is 9.99. The van der Waals surface area contributed by atoms with Gasteiger partial charge in [-0.25, -0.2) is 0 Å². The van der Waals surface area contributed by atoms with Gasteiger partial charge in [0.05, 0.1) is 31.5 Å². The number of rotatable bonds is 9. The third kappa shape index (κ3) is 5.67. The van der Waals surface area contributed by atoms with E-state index in [1.54, 1.807) is 7.11 Å². The molecule has 1 heterocycles. The van der Waals surface area contributed by atoms with Crippen LogP contribution in [0.3, 0.4) is 0 Å². The van der Waals surface area contributed by atoms with E-state index in [9.17, 15) is 10.2 Å². The molecule has 2 fully saturated rings. The summed E-state index contributed by atoms with van der Waals surface area (Å²) < 4.78 is 17.5. The van der Waals surface area contributed by atoms with Crippen molar-refractivity contribution in [1.82, 2.24) is 0 Å². The minimum atomic E-state index is -1.10. The molecule has 31 heavy (non-hydrogen) atoms. The van der Waals surface area contributed by atoms with Crippen LogP contribution >= 0.6 is 11.6 Å². The van der Waals surface area contributed by atoms with E-state index in [0.29, 0.717) is 30.4 Å². The van der Waals surface area contributed by atoms with Crippen LogP contribution in [0, 0.1) is 0 Å². The zero-order valence-corrected chi connectivity index (χ0v) is 18.7. The predicted molar refractivity (Wildman–Crippen MR) is 119 cm³/mol. The smallest absolute Gasteiger partial charge is 0.197 e. The van der Waals surface area contributed by atoms with Crippen LogP contribution in [-0.2, 0) is 32.8 Å². The molecule has 0 spiro atoms. The highest BCUT2D eigenvalue weighted by atomic mass is 35.5. The molecule has 0 bridgehead atoms. The molecule has 2 N–H and O–H groups in total. The summed E-state index contributed by atoms with van der Waals surface area (Å²) in [5, 5.41) is 20.5. The summed E-state index contributed by atoms with van der Waals surface area (Å²) in [6.45, 7) is 0.609. The molecule has 0 amide bonds. The average molecular weight is 447 g/mol. The highest BCUT2D eigenvalue weighted by Crippen LogP contribution is 2.40. The zero-order chi connectivity index (χ0) is 21.8. The zero-order valence-electron chi connectivity index (χ0n) is 17.9. The number of methoxy groups -OCH3 is 1. The lowest BCUT2D eigenvalue weighted by Crippen LogP contribution is -2.46. The molecule has 1 aliphatic carbocycles. The predicted octanol–water partition coefficient (Wildman–Crippen LogP) is 3.98. The van der Waals surface area contributed by atoms with Crippen LogP contribution in [0.25, 0.3) is 0 Å². The first-order chi connectivity index (χ1) is 15.0. The van der Waals surface area contributed by atoms with Crippen LogP contribution < -0.4 is 0 Å². The highest BCUT2D eigenvalue weighted by molar-refractivity contribution is 6.31. The van der Waals surface area contributed by atoms with Gasteiger partial charge in [-0.2, -0.15) is 0 Å². The normalized spacial score (nSPS) is 26.2. The molecule has 2 aromatic carbocycles. The summed E-state index contributed by atoms with van der Waals surface area (Å²) in [4.78, 5) is 0. The van der Waals surface area contributed by atoms with Crippen LogP contribution in [0.5, 0.6) is 0 Å². The van der Waals surface area contributed by atoms with Gasteiger partial charge in [-0.3, -0.25) is 0 Å². The molecule has 6 heteroatoms. The van der Waals surface area contributed by atoms with E-state index < -0.39 is 18.0 Å². The Hall–Kier alpha value is -1.47. The Morgan fingerprint density at radius 3 is 2.55 bits per heavy atom. The first-order valence-corrected chi connectivity index (χ1v) is 11.4. The fraction of sp³-hybridized carbons (Fsp3) is 0.520. The summed E-state index contributed by atoms with van der Waals surface area (Å²) in [5.74, 6) is -1.10. The van der Waals surface area contributed by atoms with E-state index in [2.05, 4.69) is 24.3 Å². The number of aliphatic hydroxyl groups excluding tert-OH is 2. The topological polar surface area (TPSA) is 68.2 Å². The van der Waals surface area contributed by atoms with Crippen molar-refractivity contribution in [3.63, 3.8) is 0 Å². The number of halogens is 1. The van der Waals surface area contributed by atoms with Gasteiger partial charge in [0, 0.05) is 30.5 Å². The second-order valence-corrected chi connectivity index (χ2v) is 9.00. The molecule has 0 aromatic heterocycles. The molecule has 1 saturated heterocycles. The lowest BCUT2D eigenvalue weighted by atomic mass is 9.91. The van der Waals surface area contributed by atoms with Gasteiger partial charge in [0.25, 0.3) is 0 Å². The Morgan fingerprint density at radius 2 is 1.87 bits per heavy atom. The summed E-state index contributed by atoms with van der Waals surface area (Å²) in [7, 11) is 1.56. The van der Waals surface area contributed by atoms with E-state index >= 15 is 0 Å². The maximum atomic E-state index is 10.3. The van der Waals surface area contributed by atoms with Crippen molar-refractivity contribution in [3.05, 3.63) is 69.7 Å². The Labute approximate surface area is 188 Å². The van der Waals surface area contributed by atoms with Gasteiger partial charge in [-0.15, -0.1) is 0 Å². The Kier molecular flexibility index (Phi) is 7.32. The van der Waals surface area contributed by atoms with Crippen LogP contribution in [0.1, 0.15) is 47.9 Å². The minimum Gasteiger partial charge on any atom is -0.394 e. The molecule has 4 rings (SSSR count). The van der Waals surface area contributed by atoms with Crippen molar-refractivity contribution < 1.29 is 24.4 Å². The SMILES string of the molecule is COC1(c2ccc(Cl)c(Cc3ccc(CCOC4CC4)cc3)c2)CC(O)CC(CO)O1. The fourth-order valence-electron chi connectivity index (χ4n) is 4.18. The van der Waals surface area contributed by atoms with Gasteiger partial charge in [0.2, 0.25) is 0 Å². The molecular weight excluding hydrogens is 416 g/mol. The lowest BCUT2D eigenvalue weighted by Gasteiger charge is -2.42. The Bertz CT molecular complexity index is 867. The van der Waals surface area contributed by atoms with Gasteiger partial charge in [0.1, 0.15) is 0 Å². The number of aliphatic hydroxyl groups is 2. The van der Waals surface area contributed by atoms with Gasteiger partial charge in [-0.05, 0) is 54.5 Å². The monoisotopic (exact) mass is 446 g/mol. The van der Waals surface area contributed by atoms with E-state index in [1.165, 1.54) is 18.4 Å². The largest absolute Gasteiger partial charge is 0.394 e. The van der Waals surface area contributed by atoms with Crippen molar-refractivity contribution in [2.24, 2.45) is 0 Å². The van der Waals surface area contributed by atoms with Crippen LogP contribution in [0.4, 0.5) is 0 Å². The van der Waals surface area contributed by atoms with Gasteiger partial charge in [-0.1, -0.05) is 41.9 Å². The quantitative estimate of drug-likeness (QED) is 0.609. The van der Waals surface area contributed by atoms with Crippen LogP contribution in [-0.4, -0.2) is 48.8 Å². The van der Waals surface area contributed by atoms with Crippen LogP contribution in [0.15, 0.2) is 42.5 Å². The third-order valence-corrected chi connectivity index (χ3v) is 6.47. The van der Waals surface area contributed by atoms with Crippen molar-refractivity contribution in [3.8, 4) is 0 Å². The van der Waals surface area contributed by atoms with E-state index in [4.69, 9.17) is 25.8 Å². The minimum absolute atomic E-state index is 0.166.